The highest BCUT2D eigenvalue weighted by Crippen LogP contribution is 2.43. The van der Waals surface area contributed by atoms with Crippen molar-refractivity contribution in [1.29, 1.82) is 0 Å². The number of aromatic nitrogens is 3. The second kappa shape index (κ2) is 6.57. The van der Waals surface area contributed by atoms with Gasteiger partial charge in [0.05, 0.1) is 24.2 Å². The molecule has 134 valence electrons. The van der Waals surface area contributed by atoms with Crippen LogP contribution in [0.15, 0.2) is 12.5 Å². The lowest BCUT2D eigenvalue weighted by Gasteiger charge is -2.25. The lowest BCUT2D eigenvalue weighted by atomic mass is 9.98. The van der Waals surface area contributed by atoms with Crippen molar-refractivity contribution in [3.63, 3.8) is 0 Å². The first-order chi connectivity index (χ1) is 12.0. The Balaban J connectivity index is 2.14. The Morgan fingerprint density at radius 2 is 2.32 bits per heavy atom. The van der Waals surface area contributed by atoms with Gasteiger partial charge in [-0.25, -0.2) is 19.8 Å². The van der Waals surface area contributed by atoms with E-state index in [-0.39, 0.29) is 0 Å². The van der Waals surface area contributed by atoms with E-state index in [1.807, 2.05) is 0 Å². The van der Waals surface area contributed by atoms with E-state index in [0.717, 1.165) is 0 Å². The molecule has 2 aromatic heterocycles. The Morgan fingerprint density at radius 3 is 2.92 bits per heavy atom. The van der Waals surface area contributed by atoms with Crippen LogP contribution in [0.3, 0.4) is 0 Å². The van der Waals surface area contributed by atoms with Crippen LogP contribution in [-0.2, 0) is 9.57 Å². The molecule has 0 bridgehead atoms. The maximum atomic E-state index is 15.1. The van der Waals surface area contributed by atoms with Crippen molar-refractivity contribution in [3.8, 4) is 12.3 Å². The van der Waals surface area contributed by atoms with Crippen LogP contribution in [0.4, 0.5) is 10.2 Å². The number of aliphatic hydroxyl groups is 2. The summed E-state index contributed by atoms with van der Waals surface area (Å²) in [5.41, 5.74) is 1.27. The van der Waals surface area contributed by atoms with Gasteiger partial charge < -0.3 is 19.5 Å². The van der Waals surface area contributed by atoms with E-state index in [9.17, 15) is 10.2 Å². The molecule has 3 heterocycles. The molecule has 0 saturated carbocycles. The lowest BCUT2D eigenvalue weighted by Crippen LogP contribution is -2.40. The zero-order valence-corrected chi connectivity index (χ0v) is 13.8. The van der Waals surface area contributed by atoms with Crippen LogP contribution in [0.2, 0.25) is 0 Å². The number of hydrogen-bond donors (Lipinski definition) is 3. The highest BCUT2D eigenvalue weighted by atomic mass is 19.1. The van der Waals surface area contributed by atoms with Crippen molar-refractivity contribution < 1.29 is 24.2 Å². The highest BCUT2D eigenvalue weighted by molar-refractivity contribution is 5.93. The van der Waals surface area contributed by atoms with E-state index in [1.54, 1.807) is 6.92 Å². The molecule has 4 atom stereocenters. The van der Waals surface area contributed by atoms with Gasteiger partial charge >= 0.3 is 0 Å². The fourth-order valence-corrected chi connectivity index (χ4v) is 2.95. The van der Waals surface area contributed by atoms with Gasteiger partial charge in [-0.3, -0.25) is 4.84 Å². The van der Waals surface area contributed by atoms with E-state index in [0.29, 0.717) is 29.0 Å². The summed E-state index contributed by atoms with van der Waals surface area (Å²) in [5, 5.41) is 19.8. The Bertz CT molecular complexity index is 816. The minimum absolute atomic E-state index is 0.324. The van der Waals surface area contributed by atoms with Crippen molar-refractivity contribution in [2.24, 2.45) is 0 Å². The van der Waals surface area contributed by atoms with Crippen molar-refractivity contribution in [3.05, 3.63) is 18.1 Å². The van der Waals surface area contributed by atoms with Crippen molar-refractivity contribution in [2.75, 3.05) is 18.7 Å². The van der Waals surface area contributed by atoms with Gasteiger partial charge in [0.2, 0.25) is 0 Å². The summed E-state index contributed by atoms with van der Waals surface area (Å²) < 4.78 is 22.0. The monoisotopic (exact) mass is 350 g/mol. The number of aliphatic hydroxyl groups excluding tert-OH is 2. The number of ether oxygens (including phenoxy) is 1. The van der Waals surface area contributed by atoms with Gasteiger partial charge in [-0.2, -0.15) is 0 Å². The molecule has 3 N–H and O–H groups in total. The minimum Gasteiger partial charge on any atom is -0.394 e. The Labute approximate surface area is 143 Å². The number of terminal acetylenes is 1. The third kappa shape index (κ3) is 2.73. The maximum Gasteiger partial charge on any atom is 0.181 e. The van der Waals surface area contributed by atoms with Gasteiger partial charge in [0.15, 0.2) is 17.7 Å². The van der Waals surface area contributed by atoms with E-state index in [4.69, 9.17) is 16.0 Å². The second-order valence-electron chi connectivity index (χ2n) is 5.86. The summed E-state index contributed by atoms with van der Waals surface area (Å²) in [6, 6.07) is 0. The number of anilines is 1. The predicted molar refractivity (Wildman–Crippen MR) is 87.2 cm³/mol. The first-order valence-electron chi connectivity index (χ1n) is 7.78. The highest BCUT2D eigenvalue weighted by Gasteiger charge is 2.55. The molecule has 0 amide bonds. The molecule has 1 fully saturated rings. The number of alkyl halides is 1. The molecule has 0 aromatic carbocycles. The Kier molecular flexibility index (Phi) is 4.62. The van der Waals surface area contributed by atoms with Crippen molar-refractivity contribution >= 4 is 16.9 Å². The van der Waals surface area contributed by atoms with Crippen LogP contribution in [-0.4, -0.2) is 55.8 Å². The van der Waals surface area contributed by atoms with Crippen LogP contribution in [0.25, 0.3) is 11.0 Å². The third-order valence-electron chi connectivity index (χ3n) is 4.23. The Hall–Kier alpha value is -2.25. The molecular weight excluding hydrogens is 331 g/mol. The third-order valence-corrected chi connectivity index (χ3v) is 4.23. The normalized spacial score (nSPS) is 29.0. The summed E-state index contributed by atoms with van der Waals surface area (Å²) in [6.07, 6.45) is 4.61. The topological polar surface area (TPSA) is 102 Å². The number of hydrogen-bond acceptors (Lipinski definition) is 7. The van der Waals surface area contributed by atoms with E-state index >= 15 is 4.39 Å². The minimum atomic E-state index is -2.15. The SMILES string of the molecule is C#Cc1cn([C@@H]2O[C@H](CO)[C@@H](O)[C@@]2(C)F)c2ncnc(NOCC)c12. The molecular formula is C16H19FN4O4. The van der Waals surface area contributed by atoms with Gasteiger partial charge in [-0.15, -0.1) is 6.42 Å². The van der Waals surface area contributed by atoms with Crippen LogP contribution in [0, 0.1) is 12.3 Å². The zero-order chi connectivity index (χ0) is 18.2. The fourth-order valence-electron chi connectivity index (χ4n) is 2.95. The molecule has 0 unspecified atom stereocenters. The van der Waals surface area contributed by atoms with Crippen LogP contribution < -0.4 is 5.48 Å². The molecule has 2 aromatic rings. The summed E-state index contributed by atoms with van der Waals surface area (Å²) in [6.45, 7) is 2.90. The van der Waals surface area contributed by atoms with Crippen molar-refractivity contribution in [1.82, 2.24) is 14.5 Å². The first-order valence-corrected chi connectivity index (χ1v) is 7.78. The molecule has 0 radical (unpaired) electrons. The molecule has 1 aliphatic heterocycles. The average molecular weight is 350 g/mol. The number of fused-ring (bicyclic) bond motifs is 1. The summed E-state index contributed by atoms with van der Waals surface area (Å²) in [4.78, 5) is 13.4. The molecule has 1 aliphatic rings. The van der Waals surface area contributed by atoms with Crippen molar-refractivity contribution in [2.45, 2.75) is 38.0 Å². The van der Waals surface area contributed by atoms with Gasteiger partial charge in [-0.1, -0.05) is 5.92 Å². The standard InChI is InChI=1S/C16H19FN4O4/c1-4-9-6-21(15-16(3,17)12(23)10(7-22)25-15)14-11(9)13(18-8-19-14)20-24-5-2/h1,6,8,10,12,15,22-23H,5,7H2,2-3H3,(H,18,19,20)/t10-,12-,15-,16-/m1/s1. The zero-order valence-electron chi connectivity index (χ0n) is 13.8. The van der Waals surface area contributed by atoms with Crippen LogP contribution in [0.5, 0.6) is 0 Å². The quantitative estimate of drug-likeness (QED) is 0.540. The molecule has 0 spiro atoms. The second-order valence-corrected chi connectivity index (χ2v) is 5.86. The molecule has 8 nitrogen and oxygen atoms in total. The predicted octanol–water partition coefficient (Wildman–Crippen LogP) is 0.755. The van der Waals surface area contributed by atoms with Gasteiger partial charge in [-0.05, 0) is 13.8 Å². The maximum absolute atomic E-state index is 15.1. The Morgan fingerprint density at radius 1 is 1.56 bits per heavy atom. The van der Waals surface area contributed by atoms with E-state index < -0.39 is 30.7 Å². The number of rotatable bonds is 5. The first kappa shape index (κ1) is 17.6. The molecule has 1 saturated heterocycles. The molecule has 9 heteroatoms. The molecule has 25 heavy (non-hydrogen) atoms. The largest absolute Gasteiger partial charge is 0.394 e. The smallest absolute Gasteiger partial charge is 0.181 e. The molecule has 0 aliphatic carbocycles. The van der Waals surface area contributed by atoms with Crippen LogP contribution >= 0.6 is 0 Å². The number of nitrogens with zero attached hydrogens (tertiary/aromatic N) is 3. The lowest BCUT2D eigenvalue weighted by molar-refractivity contribution is -0.0564. The van der Waals surface area contributed by atoms with Gasteiger partial charge in [0, 0.05) is 6.20 Å². The van der Waals surface area contributed by atoms with Gasteiger partial charge in [0.25, 0.3) is 0 Å². The average Bonchev–Trinajstić information content (AvgIpc) is 3.09. The number of nitrogens with one attached hydrogen (secondary N) is 1. The molecule has 3 rings (SSSR count). The van der Waals surface area contributed by atoms with E-state index in [1.165, 1.54) is 24.0 Å². The number of halogens is 1. The summed E-state index contributed by atoms with van der Waals surface area (Å²) >= 11 is 0. The van der Waals surface area contributed by atoms with E-state index in [2.05, 4.69) is 21.4 Å². The fraction of sp³-hybridized carbons (Fsp3) is 0.500. The summed E-state index contributed by atoms with van der Waals surface area (Å²) in [7, 11) is 0. The van der Waals surface area contributed by atoms with Gasteiger partial charge in [0.1, 0.15) is 24.2 Å². The summed E-state index contributed by atoms with van der Waals surface area (Å²) in [5.74, 6) is 2.85. The van der Waals surface area contributed by atoms with Crippen LogP contribution in [0.1, 0.15) is 25.6 Å².